The van der Waals surface area contributed by atoms with Crippen LogP contribution in [0.4, 0.5) is 0 Å². The van der Waals surface area contributed by atoms with Crippen LogP contribution in [0.25, 0.3) is 11.5 Å². The fraction of sp³-hybridized carbons (Fsp3) is 0.300. The molecule has 0 saturated carbocycles. The van der Waals surface area contributed by atoms with Crippen molar-refractivity contribution in [1.29, 1.82) is 0 Å². The summed E-state index contributed by atoms with van der Waals surface area (Å²) in [5.41, 5.74) is 1.25. The fourth-order valence-electron chi connectivity index (χ4n) is 0.972. The molecule has 0 N–H and O–H groups in total. The molecule has 2 heterocycles. The quantitative estimate of drug-likeness (QED) is 0.651. The van der Waals surface area contributed by atoms with Gasteiger partial charge in [-0.25, -0.2) is 0 Å². The van der Waals surface area contributed by atoms with Crippen LogP contribution in [-0.2, 0) is 0 Å². The van der Waals surface area contributed by atoms with Crippen molar-refractivity contribution < 1.29 is 4.52 Å². The van der Waals surface area contributed by atoms with E-state index < -0.39 is 0 Å². The molecule has 0 aliphatic heterocycles. The largest absolute Gasteiger partial charge is 0.339 e. The summed E-state index contributed by atoms with van der Waals surface area (Å²) in [5.74, 6) is 0.976. The smallest absolute Gasteiger partial charge is 0.223 e. The van der Waals surface area contributed by atoms with Gasteiger partial charge in [0, 0.05) is 13.1 Å². The van der Waals surface area contributed by atoms with Gasteiger partial charge in [-0.3, -0.25) is 4.98 Å². The van der Waals surface area contributed by atoms with Crippen molar-refractivity contribution in [2.24, 2.45) is 0 Å². The van der Waals surface area contributed by atoms with Gasteiger partial charge in [-0.05, 0) is 6.07 Å². The van der Waals surface area contributed by atoms with Gasteiger partial charge in [0.25, 0.3) is 0 Å². The van der Waals surface area contributed by atoms with Gasteiger partial charge in [-0.1, -0.05) is 30.5 Å². The molecule has 0 unspecified atom stereocenters. The molecule has 0 fully saturated rings. The van der Waals surface area contributed by atoms with Crippen LogP contribution in [0.5, 0.6) is 0 Å². The van der Waals surface area contributed by atoms with Crippen molar-refractivity contribution in [2.75, 3.05) is 0 Å². The molecule has 0 saturated heterocycles. The molecule has 0 aromatic carbocycles. The first-order valence-corrected chi connectivity index (χ1v) is 4.78. The zero-order valence-corrected chi connectivity index (χ0v) is 9.06. The molecule has 76 valence electrons. The lowest BCUT2D eigenvalue weighted by atomic mass is 9.97. The van der Waals surface area contributed by atoms with Crippen molar-refractivity contribution in [2.45, 2.75) is 20.8 Å². The minimum absolute atomic E-state index is 0.463. The molecule has 0 atom stereocenters. The monoisotopic (exact) mass is 201 g/mol. The Labute approximate surface area is 90.1 Å². The van der Waals surface area contributed by atoms with E-state index in [1.54, 1.807) is 25.3 Å². The highest BCUT2D eigenvalue weighted by atomic mass is 16.5. The van der Waals surface area contributed by atoms with E-state index in [2.05, 4.69) is 15.1 Å². The Balaban J connectivity index is 0.000000531. The van der Waals surface area contributed by atoms with Crippen LogP contribution in [0.15, 0.2) is 22.9 Å². The Kier molecular flexibility index (Phi) is 4.03. The maximum Gasteiger partial charge on any atom is 0.223 e. The second-order valence-electron chi connectivity index (χ2n) is 2.61. The first-order chi connectivity index (χ1) is 7.25. The second-order valence-corrected chi connectivity index (χ2v) is 2.61. The first kappa shape index (κ1) is 11.4. The molecule has 4 nitrogen and oxygen atoms in total. The lowest BCUT2D eigenvalue weighted by Crippen LogP contribution is -2.02. The molecule has 0 spiro atoms. The van der Waals surface area contributed by atoms with E-state index in [9.17, 15) is 0 Å². The van der Waals surface area contributed by atoms with Crippen molar-refractivity contribution >= 4 is 13.3 Å². The average Bonchev–Trinajstić information content (AvgIpc) is 2.68. The second kappa shape index (κ2) is 5.29. The molecule has 5 heteroatoms. The molecule has 2 aromatic rings. The standard InChI is InChI=1S/C8H6BN3O.C2H6/c1-5-11-8(12-13-5)7-4-6(9)2-3-10-7;1-2/h2-4H,1H3;1-2H3. The zero-order chi connectivity index (χ0) is 11.3. The summed E-state index contributed by atoms with van der Waals surface area (Å²) in [5, 5.41) is 3.72. The highest BCUT2D eigenvalue weighted by molar-refractivity contribution is 6.32. The van der Waals surface area contributed by atoms with Gasteiger partial charge in [0.15, 0.2) is 0 Å². The van der Waals surface area contributed by atoms with Gasteiger partial charge < -0.3 is 4.52 Å². The summed E-state index contributed by atoms with van der Waals surface area (Å²) in [4.78, 5) is 8.08. The van der Waals surface area contributed by atoms with Crippen molar-refractivity contribution in [3.8, 4) is 11.5 Å². The Bertz CT molecular complexity index is 428. The van der Waals surface area contributed by atoms with Gasteiger partial charge >= 0.3 is 0 Å². The predicted molar refractivity (Wildman–Crippen MR) is 59.0 cm³/mol. The number of hydrogen-bond acceptors (Lipinski definition) is 4. The molecule has 2 rings (SSSR count). The third-order valence-electron chi connectivity index (χ3n) is 1.54. The summed E-state index contributed by atoms with van der Waals surface area (Å²) < 4.78 is 4.82. The molecule has 0 aliphatic rings. The maximum atomic E-state index is 5.58. The SMILES string of the molecule is CC.[B]c1ccnc(-c2noc(C)n2)c1. The minimum Gasteiger partial charge on any atom is -0.339 e. The minimum atomic E-state index is 0.463. The van der Waals surface area contributed by atoms with Crippen LogP contribution >= 0.6 is 0 Å². The fourth-order valence-corrected chi connectivity index (χ4v) is 0.972. The van der Waals surface area contributed by atoms with Crippen LogP contribution in [-0.4, -0.2) is 23.0 Å². The third kappa shape index (κ3) is 2.90. The van der Waals surface area contributed by atoms with Crippen LogP contribution < -0.4 is 5.46 Å². The van der Waals surface area contributed by atoms with Crippen molar-refractivity contribution in [3.05, 3.63) is 24.2 Å². The molecule has 0 aliphatic carbocycles. The summed E-state index contributed by atoms with van der Waals surface area (Å²) in [6, 6.07) is 3.40. The highest BCUT2D eigenvalue weighted by Gasteiger charge is 2.05. The van der Waals surface area contributed by atoms with Crippen molar-refractivity contribution in [1.82, 2.24) is 15.1 Å². The molecular formula is C10H12BN3O. The topological polar surface area (TPSA) is 51.8 Å². The molecule has 15 heavy (non-hydrogen) atoms. The third-order valence-corrected chi connectivity index (χ3v) is 1.54. The first-order valence-electron chi connectivity index (χ1n) is 4.78. The molecular weight excluding hydrogens is 189 g/mol. The van der Waals surface area contributed by atoms with E-state index in [-0.39, 0.29) is 0 Å². The van der Waals surface area contributed by atoms with E-state index >= 15 is 0 Å². The maximum absolute atomic E-state index is 5.58. The van der Waals surface area contributed by atoms with Crippen LogP contribution in [0.1, 0.15) is 19.7 Å². The summed E-state index contributed by atoms with van der Waals surface area (Å²) in [6.45, 7) is 5.72. The van der Waals surface area contributed by atoms with E-state index in [1.165, 1.54) is 0 Å². The number of pyridine rings is 1. The van der Waals surface area contributed by atoms with Crippen LogP contribution in [0, 0.1) is 6.92 Å². The number of rotatable bonds is 1. The summed E-state index contributed by atoms with van der Waals surface area (Å²) in [7, 11) is 5.58. The van der Waals surface area contributed by atoms with Gasteiger partial charge in [-0.2, -0.15) is 4.98 Å². The highest BCUT2D eigenvalue weighted by Crippen LogP contribution is 2.09. The Hall–Kier alpha value is -1.65. The molecule has 0 bridgehead atoms. The Morgan fingerprint density at radius 3 is 2.60 bits per heavy atom. The zero-order valence-electron chi connectivity index (χ0n) is 9.06. The van der Waals surface area contributed by atoms with E-state index in [1.807, 2.05) is 13.8 Å². The summed E-state index contributed by atoms with van der Waals surface area (Å²) in [6.07, 6.45) is 1.61. The Morgan fingerprint density at radius 1 is 1.33 bits per heavy atom. The van der Waals surface area contributed by atoms with Gasteiger partial charge in [0.1, 0.15) is 13.5 Å². The molecule has 2 aromatic heterocycles. The predicted octanol–water partition coefficient (Wildman–Crippen LogP) is 1.26. The van der Waals surface area contributed by atoms with Crippen LogP contribution in [0.2, 0.25) is 0 Å². The summed E-state index contributed by atoms with van der Waals surface area (Å²) >= 11 is 0. The number of aryl methyl sites for hydroxylation is 1. The number of aromatic nitrogens is 3. The van der Waals surface area contributed by atoms with Crippen molar-refractivity contribution in [3.63, 3.8) is 0 Å². The van der Waals surface area contributed by atoms with Gasteiger partial charge in [-0.15, -0.1) is 0 Å². The lowest BCUT2D eigenvalue weighted by Gasteiger charge is -1.94. The van der Waals surface area contributed by atoms with E-state index in [4.69, 9.17) is 12.4 Å². The Morgan fingerprint density at radius 2 is 2.07 bits per heavy atom. The lowest BCUT2D eigenvalue weighted by molar-refractivity contribution is 0.394. The average molecular weight is 201 g/mol. The normalized spacial score (nSPS) is 9.27. The number of hydrogen-bond donors (Lipinski definition) is 0. The molecule has 2 radical (unpaired) electrons. The van der Waals surface area contributed by atoms with Gasteiger partial charge in [0.05, 0.1) is 0 Å². The van der Waals surface area contributed by atoms with Crippen LogP contribution in [0.3, 0.4) is 0 Å². The van der Waals surface area contributed by atoms with E-state index in [0.717, 1.165) is 0 Å². The molecule has 0 amide bonds. The van der Waals surface area contributed by atoms with E-state index in [0.29, 0.717) is 22.9 Å². The van der Waals surface area contributed by atoms with Gasteiger partial charge in [0.2, 0.25) is 11.7 Å². The number of nitrogens with zero attached hydrogens (tertiary/aromatic N) is 3.